The molecule has 1 spiro atoms. The van der Waals surface area contributed by atoms with Gasteiger partial charge in [0.15, 0.2) is 0 Å². The van der Waals surface area contributed by atoms with Crippen molar-refractivity contribution in [1.29, 1.82) is 0 Å². The van der Waals surface area contributed by atoms with E-state index in [1.165, 1.54) is 17.7 Å². The Kier molecular flexibility index (Phi) is 4.19. The summed E-state index contributed by atoms with van der Waals surface area (Å²) in [6, 6.07) is 1.70. The van der Waals surface area contributed by atoms with Crippen molar-refractivity contribution in [3.63, 3.8) is 0 Å². The van der Waals surface area contributed by atoms with E-state index in [-0.39, 0.29) is 17.4 Å². The maximum atomic E-state index is 13.4. The van der Waals surface area contributed by atoms with Crippen LogP contribution in [0.2, 0.25) is 0 Å². The summed E-state index contributed by atoms with van der Waals surface area (Å²) < 4.78 is 1.60. The van der Waals surface area contributed by atoms with E-state index in [1.807, 2.05) is 6.92 Å². The van der Waals surface area contributed by atoms with Gasteiger partial charge in [0, 0.05) is 16.4 Å². The van der Waals surface area contributed by atoms with Crippen molar-refractivity contribution in [3.05, 3.63) is 44.4 Å². The van der Waals surface area contributed by atoms with Gasteiger partial charge in [-0.2, -0.15) is 11.8 Å². The number of thioether (sulfide) groups is 1. The molecule has 0 unspecified atom stereocenters. The van der Waals surface area contributed by atoms with Crippen LogP contribution >= 0.6 is 23.1 Å². The monoisotopic (exact) mass is 469 g/mol. The number of fused-ring (bicyclic) bond motifs is 5. The van der Waals surface area contributed by atoms with Crippen LogP contribution in [-0.2, 0) is 23.3 Å². The first-order valence-electron chi connectivity index (χ1n) is 10.3. The lowest BCUT2D eigenvalue weighted by molar-refractivity contribution is -0.142. The van der Waals surface area contributed by atoms with E-state index in [0.717, 1.165) is 26.2 Å². The van der Waals surface area contributed by atoms with Gasteiger partial charge in [-0.1, -0.05) is 0 Å². The molecular formula is C21H19N5O4S2. The van der Waals surface area contributed by atoms with Crippen LogP contribution in [-0.4, -0.2) is 43.0 Å². The molecule has 5 heterocycles. The Morgan fingerprint density at radius 2 is 2.16 bits per heavy atom. The fraction of sp³-hybridized carbons (Fsp3) is 0.381. The molecule has 1 saturated heterocycles. The van der Waals surface area contributed by atoms with Gasteiger partial charge in [-0.3, -0.25) is 19.0 Å². The average Bonchev–Trinajstić information content (AvgIpc) is 3.27. The number of aryl methyl sites for hydroxylation is 2. The van der Waals surface area contributed by atoms with Gasteiger partial charge >= 0.3 is 5.97 Å². The molecular weight excluding hydrogens is 450 g/mol. The minimum absolute atomic E-state index is 0.212. The van der Waals surface area contributed by atoms with Gasteiger partial charge in [0.05, 0.1) is 11.3 Å². The lowest BCUT2D eigenvalue weighted by Crippen LogP contribution is -2.57. The molecule has 0 bridgehead atoms. The molecule has 3 aromatic heterocycles. The van der Waals surface area contributed by atoms with E-state index in [0.29, 0.717) is 48.0 Å². The summed E-state index contributed by atoms with van der Waals surface area (Å²) in [5.41, 5.74) is 1.66. The molecule has 1 atom stereocenters. The SMILES string of the molecule is Cc1cc(Nc2ncnc3sc4c(c23)CC[C@H](C(=O)O)C4)c(=O)n2c1C(=O)NC21CSC1. The number of carbonyl (C=O) groups excluding carboxylic acids is 1. The van der Waals surface area contributed by atoms with E-state index >= 15 is 0 Å². The van der Waals surface area contributed by atoms with Crippen molar-refractivity contribution >= 4 is 56.7 Å². The summed E-state index contributed by atoms with van der Waals surface area (Å²) in [5, 5.41) is 16.5. The van der Waals surface area contributed by atoms with Gasteiger partial charge in [0.1, 0.15) is 34.0 Å². The van der Waals surface area contributed by atoms with Crippen LogP contribution in [0.3, 0.4) is 0 Å². The maximum absolute atomic E-state index is 13.4. The number of amides is 1. The number of hydrogen-bond donors (Lipinski definition) is 3. The quantitative estimate of drug-likeness (QED) is 0.533. The van der Waals surface area contributed by atoms with Gasteiger partial charge < -0.3 is 15.7 Å². The van der Waals surface area contributed by atoms with Gasteiger partial charge in [0.2, 0.25) is 0 Å². The number of nitrogens with zero attached hydrogens (tertiary/aromatic N) is 3. The van der Waals surface area contributed by atoms with E-state index in [1.54, 1.807) is 22.4 Å². The minimum atomic E-state index is -0.773. The van der Waals surface area contributed by atoms with Crippen LogP contribution < -0.4 is 16.2 Å². The number of anilines is 2. The molecule has 3 aliphatic rings. The van der Waals surface area contributed by atoms with E-state index in [4.69, 9.17) is 0 Å². The van der Waals surface area contributed by atoms with Crippen molar-refractivity contribution in [2.75, 3.05) is 16.8 Å². The number of carboxylic acids is 1. The average molecular weight is 470 g/mol. The minimum Gasteiger partial charge on any atom is -0.481 e. The number of aromatic nitrogens is 3. The highest BCUT2D eigenvalue weighted by molar-refractivity contribution is 8.00. The van der Waals surface area contributed by atoms with Crippen LogP contribution in [0.15, 0.2) is 17.2 Å². The first kappa shape index (κ1) is 19.7. The highest BCUT2D eigenvalue weighted by atomic mass is 32.2. The molecule has 32 heavy (non-hydrogen) atoms. The van der Waals surface area contributed by atoms with Crippen LogP contribution in [0.5, 0.6) is 0 Å². The van der Waals surface area contributed by atoms with Crippen molar-refractivity contribution < 1.29 is 14.7 Å². The zero-order valence-electron chi connectivity index (χ0n) is 17.1. The Labute approximate surface area is 190 Å². The predicted molar refractivity (Wildman–Crippen MR) is 122 cm³/mol. The van der Waals surface area contributed by atoms with E-state index in [2.05, 4.69) is 20.6 Å². The molecule has 164 valence electrons. The molecule has 0 saturated carbocycles. The van der Waals surface area contributed by atoms with Gasteiger partial charge in [0.25, 0.3) is 11.5 Å². The first-order chi connectivity index (χ1) is 15.4. The molecule has 2 aliphatic heterocycles. The summed E-state index contributed by atoms with van der Waals surface area (Å²) in [7, 11) is 0. The number of hydrogen-bond acceptors (Lipinski definition) is 8. The third kappa shape index (κ3) is 2.67. The molecule has 0 radical (unpaired) electrons. The van der Waals surface area contributed by atoms with Crippen LogP contribution in [0.25, 0.3) is 10.2 Å². The highest BCUT2D eigenvalue weighted by Gasteiger charge is 2.49. The maximum Gasteiger partial charge on any atom is 0.306 e. The van der Waals surface area contributed by atoms with Crippen LogP contribution in [0.4, 0.5) is 11.5 Å². The van der Waals surface area contributed by atoms with Gasteiger partial charge in [-0.15, -0.1) is 11.3 Å². The van der Waals surface area contributed by atoms with Gasteiger partial charge in [-0.25, -0.2) is 9.97 Å². The molecule has 3 N–H and O–H groups in total. The smallest absolute Gasteiger partial charge is 0.306 e. The number of rotatable bonds is 3. The zero-order chi connectivity index (χ0) is 22.2. The molecule has 0 aromatic carbocycles. The van der Waals surface area contributed by atoms with Crippen molar-refractivity contribution in [2.45, 2.75) is 31.8 Å². The number of thiophene rings is 1. The van der Waals surface area contributed by atoms with Crippen LogP contribution in [0, 0.1) is 12.8 Å². The second kappa shape index (κ2) is 6.79. The van der Waals surface area contributed by atoms with Gasteiger partial charge in [-0.05, 0) is 43.4 Å². The largest absolute Gasteiger partial charge is 0.481 e. The Balaban J connectivity index is 1.46. The third-order valence-corrected chi connectivity index (χ3v) is 9.04. The molecule has 6 rings (SSSR count). The Morgan fingerprint density at radius 1 is 1.34 bits per heavy atom. The summed E-state index contributed by atoms with van der Waals surface area (Å²) in [6.45, 7) is 1.83. The fourth-order valence-corrected chi connectivity index (χ4v) is 7.15. The molecule has 1 fully saturated rings. The topological polar surface area (TPSA) is 126 Å². The normalized spacial score (nSPS) is 20.5. The molecule has 3 aromatic rings. The predicted octanol–water partition coefficient (Wildman–Crippen LogP) is 2.24. The molecule has 9 nitrogen and oxygen atoms in total. The summed E-state index contributed by atoms with van der Waals surface area (Å²) >= 11 is 3.18. The number of carboxylic acid groups (broad SMARTS) is 1. The Hall–Kier alpha value is -2.92. The third-order valence-electron chi connectivity index (χ3n) is 6.51. The second-order valence-corrected chi connectivity index (χ2v) is 10.6. The lowest BCUT2D eigenvalue weighted by Gasteiger charge is -2.38. The Morgan fingerprint density at radius 3 is 2.88 bits per heavy atom. The number of nitrogens with one attached hydrogen (secondary N) is 2. The van der Waals surface area contributed by atoms with E-state index < -0.39 is 11.6 Å². The van der Waals surface area contributed by atoms with Crippen molar-refractivity contribution in [3.8, 4) is 0 Å². The fourth-order valence-electron chi connectivity index (χ4n) is 4.89. The summed E-state index contributed by atoms with van der Waals surface area (Å²) in [5.74, 6) is 0.490. The van der Waals surface area contributed by atoms with Crippen molar-refractivity contribution in [2.24, 2.45) is 5.92 Å². The van der Waals surface area contributed by atoms with Crippen molar-refractivity contribution in [1.82, 2.24) is 19.9 Å². The highest BCUT2D eigenvalue weighted by Crippen LogP contribution is 2.41. The molecule has 1 amide bonds. The summed E-state index contributed by atoms with van der Waals surface area (Å²) in [4.78, 5) is 48.0. The molecule has 1 aliphatic carbocycles. The number of carbonyl (C=O) groups is 2. The summed E-state index contributed by atoms with van der Waals surface area (Å²) in [6.07, 6.45) is 3.14. The number of aliphatic carboxylic acids is 1. The standard InChI is InChI=1S/C21H19N5O4S2/c1-9-4-12(19(28)26-15(9)17(27)25-21(26)6-31-7-21)24-16-14-11-3-2-10(20(29)30)5-13(11)32-18(14)23-8-22-16/h4,8,10H,2-3,5-7H2,1H3,(H,25,27)(H,29,30)(H,22,23,24)/t10-/m0/s1. The Bertz CT molecular complexity index is 1390. The van der Waals surface area contributed by atoms with E-state index in [9.17, 15) is 19.5 Å². The first-order valence-corrected chi connectivity index (χ1v) is 12.3. The second-order valence-electron chi connectivity index (χ2n) is 8.52. The van der Waals surface area contributed by atoms with Crippen LogP contribution in [0.1, 0.15) is 32.9 Å². The number of pyridine rings is 1. The molecule has 11 heteroatoms. The lowest BCUT2D eigenvalue weighted by atomic mass is 9.88. The zero-order valence-corrected chi connectivity index (χ0v) is 18.7.